The van der Waals surface area contributed by atoms with E-state index < -0.39 is 0 Å². The maximum absolute atomic E-state index is 6.06. The summed E-state index contributed by atoms with van der Waals surface area (Å²) in [6.45, 7) is 3.11. The van der Waals surface area contributed by atoms with Crippen LogP contribution in [-0.4, -0.2) is 6.61 Å². The van der Waals surface area contributed by atoms with E-state index in [9.17, 15) is 0 Å². The van der Waals surface area contributed by atoms with Gasteiger partial charge in [0.2, 0.25) is 0 Å². The van der Waals surface area contributed by atoms with Gasteiger partial charge in [0.15, 0.2) is 0 Å². The average molecular weight is 637 g/mol. The average Bonchev–Trinajstić information content (AvgIpc) is 3.21. The number of hydrogen-bond donors (Lipinski definition) is 0. The maximum Gasteiger partial charge on any atom is 0.119 e. The number of aryl methyl sites for hydroxylation is 2. The van der Waals surface area contributed by atoms with Crippen molar-refractivity contribution < 1.29 is 4.74 Å². The summed E-state index contributed by atoms with van der Waals surface area (Å²) in [4.78, 5) is 0. The summed E-state index contributed by atoms with van der Waals surface area (Å²) in [5.41, 5.74) is 2.92. The minimum Gasteiger partial charge on any atom is -0.494 e. The van der Waals surface area contributed by atoms with Gasteiger partial charge in [-0.3, -0.25) is 0 Å². The molecule has 0 aliphatic carbocycles. The van der Waals surface area contributed by atoms with E-state index in [4.69, 9.17) is 4.74 Å². The molecule has 0 radical (unpaired) electrons. The molecule has 0 saturated carbocycles. The molecule has 0 unspecified atom stereocenters. The van der Waals surface area contributed by atoms with Gasteiger partial charge in [-0.25, -0.2) is 0 Å². The fraction of sp³-hybridized carbons (Fsp3) is 0.562. The predicted molar refractivity (Wildman–Crippen MR) is 167 cm³/mol. The summed E-state index contributed by atoms with van der Waals surface area (Å²) in [6.07, 6.45) is 21.0. The number of hydrogen-bond acceptors (Lipinski definition) is 2. The first-order valence-electron chi connectivity index (χ1n) is 14.2. The van der Waals surface area contributed by atoms with Gasteiger partial charge in [0, 0.05) is 0 Å². The predicted octanol–water partition coefficient (Wildman–Crippen LogP) is 12.1. The third-order valence-electron chi connectivity index (χ3n) is 7.03. The van der Waals surface area contributed by atoms with E-state index in [1.807, 2.05) is 0 Å². The Morgan fingerprint density at radius 1 is 0.639 bits per heavy atom. The lowest BCUT2D eigenvalue weighted by atomic mass is 10.0. The molecule has 0 amide bonds. The Kier molecular flexibility index (Phi) is 14.5. The molecule has 1 heterocycles. The van der Waals surface area contributed by atoms with Gasteiger partial charge in [-0.05, 0) is 104 Å². The molecule has 0 saturated heterocycles. The van der Waals surface area contributed by atoms with Crippen LogP contribution >= 0.6 is 43.2 Å². The Bertz CT molecular complexity index is 1010. The zero-order chi connectivity index (χ0) is 25.4. The van der Waals surface area contributed by atoms with Gasteiger partial charge in [0.05, 0.1) is 14.2 Å². The van der Waals surface area contributed by atoms with Crippen molar-refractivity contribution in [1.29, 1.82) is 0 Å². The van der Waals surface area contributed by atoms with Crippen LogP contribution in [0.5, 0.6) is 5.75 Å². The summed E-state index contributed by atoms with van der Waals surface area (Å²) in [5.74, 6) is 1.01. The molecule has 36 heavy (non-hydrogen) atoms. The lowest BCUT2D eigenvalue weighted by molar-refractivity contribution is 0.304. The zero-order valence-electron chi connectivity index (χ0n) is 22.1. The fourth-order valence-corrected chi connectivity index (χ4v) is 7.75. The molecule has 198 valence electrons. The van der Waals surface area contributed by atoms with Crippen molar-refractivity contribution in [2.75, 3.05) is 6.61 Å². The summed E-state index contributed by atoms with van der Waals surface area (Å²) in [7, 11) is 0. The summed E-state index contributed by atoms with van der Waals surface area (Å²) >= 11 is 9.01. The Morgan fingerprint density at radius 3 is 1.94 bits per heavy atom. The molecule has 1 aromatic heterocycles. The van der Waals surface area contributed by atoms with Crippen molar-refractivity contribution in [3.05, 3.63) is 61.2 Å². The van der Waals surface area contributed by atoms with E-state index >= 15 is 0 Å². The van der Waals surface area contributed by atoms with Gasteiger partial charge in [0.25, 0.3) is 0 Å². The normalized spacial score (nSPS) is 11.4. The molecule has 0 fully saturated rings. The summed E-state index contributed by atoms with van der Waals surface area (Å²) in [6, 6.07) is 15.8. The van der Waals surface area contributed by atoms with Gasteiger partial charge in [-0.2, -0.15) is 0 Å². The molecule has 3 rings (SSSR count). The Hall–Kier alpha value is -0.840. The minimum atomic E-state index is 0.826. The number of halogens is 2. The number of benzene rings is 2. The smallest absolute Gasteiger partial charge is 0.119 e. The summed E-state index contributed by atoms with van der Waals surface area (Å²) in [5, 5.41) is 2.62. The van der Waals surface area contributed by atoms with Crippen molar-refractivity contribution in [3.8, 4) is 5.75 Å². The molecule has 0 aliphatic rings. The largest absolute Gasteiger partial charge is 0.494 e. The molecule has 0 spiro atoms. The van der Waals surface area contributed by atoms with Crippen LogP contribution in [0.15, 0.2) is 50.0 Å². The first-order chi connectivity index (χ1) is 17.7. The molecular formula is C32H44Br2OS. The maximum atomic E-state index is 6.06. The van der Waals surface area contributed by atoms with Crippen LogP contribution in [0.1, 0.15) is 108 Å². The highest BCUT2D eigenvalue weighted by Gasteiger charge is 2.05. The second kappa shape index (κ2) is 17.6. The monoisotopic (exact) mass is 634 g/mol. The molecule has 1 nitrogen and oxygen atoms in total. The van der Waals surface area contributed by atoms with Gasteiger partial charge >= 0.3 is 0 Å². The molecule has 0 aliphatic heterocycles. The Labute approximate surface area is 240 Å². The van der Waals surface area contributed by atoms with Crippen LogP contribution in [0, 0.1) is 0 Å². The van der Waals surface area contributed by atoms with Crippen LogP contribution in [-0.2, 0) is 12.8 Å². The van der Waals surface area contributed by atoms with Crippen LogP contribution in [0.2, 0.25) is 0 Å². The van der Waals surface area contributed by atoms with Crippen molar-refractivity contribution >= 4 is 54.0 Å². The minimum absolute atomic E-state index is 0.826. The number of thiophene rings is 1. The van der Waals surface area contributed by atoms with Crippen molar-refractivity contribution in [3.63, 3.8) is 0 Å². The van der Waals surface area contributed by atoms with E-state index in [1.165, 1.54) is 126 Å². The Balaban J connectivity index is 1.21. The van der Waals surface area contributed by atoms with E-state index in [-0.39, 0.29) is 0 Å². The molecule has 4 heteroatoms. The molecule has 0 bridgehead atoms. The van der Waals surface area contributed by atoms with Crippen molar-refractivity contribution in [2.24, 2.45) is 0 Å². The lowest BCUT2D eigenvalue weighted by Gasteiger charge is -2.09. The summed E-state index contributed by atoms with van der Waals surface area (Å²) < 4.78 is 8.57. The quantitative estimate of drug-likeness (QED) is 0.119. The highest BCUT2D eigenvalue weighted by Crippen LogP contribution is 2.33. The third-order valence-corrected chi connectivity index (χ3v) is 9.50. The van der Waals surface area contributed by atoms with Crippen LogP contribution in [0.25, 0.3) is 10.8 Å². The Morgan fingerprint density at radius 2 is 1.25 bits per heavy atom. The number of ether oxygens (including phenoxy) is 1. The van der Waals surface area contributed by atoms with Crippen molar-refractivity contribution in [2.45, 2.75) is 110 Å². The van der Waals surface area contributed by atoms with Gasteiger partial charge < -0.3 is 4.74 Å². The molecule has 0 N–H and O–H groups in total. The highest BCUT2D eigenvalue weighted by molar-refractivity contribution is 9.12. The standard InChI is InChI=1S/C32H44Br2OS/c1-2-3-4-5-10-13-16-26-18-19-28-24-30(21-20-27(28)23-26)35-22-15-12-9-7-6-8-11-14-17-29-25-31(33)36-32(29)34/h18-21,23-25H,2-17,22H2,1H3. The number of fused-ring (bicyclic) bond motifs is 1. The van der Waals surface area contributed by atoms with E-state index in [1.54, 1.807) is 11.3 Å². The molecular weight excluding hydrogens is 592 g/mol. The van der Waals surface area contributed by atoms with Gasteiger partial charge in [0.1, 0.15) is 5.75 Å². The molecule has 3 aromatic rings. The molecule has 2 aromatic carbocycles. The van der Waals surface area contributed by atoms with Crippen LogP contribution < -0.4 is 4.74 Å². The van der Waals surface area contributed by atoms with Gasteiger partial charge in [-0.1, -0.05) is 102 Å². The fourth-order valence-electron chi connectivity index (χ4n) is 4.84. The second-order valence-electron chi connectivity index (χ2n) is 10.1. The SMILES string of the molecule is CCCCCCCCc1ccc2cc(OCCCCCCCCCCc3cc(Br)sc3Br)ccc2c1. The van der Waals surface area contributed by atoms with Crippen LogP contribution in [0.3, 0.4) is 0 Å². The third kappa shape index (κ3) is 11.3. The zero-order valence-corrected chi connectivity index (χ0v) is 26.1. The number of rotatable bonds is 19. The highest BCUT2D eigenvalue weighted by atomic mass is 79.9. The van der Waals surface area contributed by atoms with Gasteiger partial charge in [-0.15, -0.1) is 11.3 Å². The van der Waals surface area contributed by atoms with Crippen molar-refractivity contribution in [1.82, 2.24) is 0 Å². The molecule has 0 atom stereocenters. The van der Waals surface area contributed by atoms with Crippen LogP contribution in [0.4, 0.5) is 0 Å². The first-order valence-corrected chi connectivity index (χ1v) is 16.6. The lowest BCUT2D eigenvalue weighted by Crippen LogP contribution is -1.97. The van der Waals surface area contributed by atoms with E-state index in [2.05, 4.69) is 81.2 Å². The topological polar surface area (TPSA) is 9.23 Å². The van der Waals surface area contributed by atoms with E-state index in [0.29, 0.717) is 0 Å². The van der Waals surface area contributed by atoms with E-state index in [0.717, 1.165) is 18.8 Å². The second-order valence-corrected chi connectivity index (χ2v) is 13.9. The first kappa shape index (κ1) is 29.7. The number of unbranched alkanes of at least 4 members (excludes halogenated alkanes) is 12.